The molecule has 1 amide bonds. The van der Waals surface area contributed by atoms with Gasteiger partial charge in [0.1, 0.15) is 12.4 Å². The Hall–Kier alpha value is -2.05. The number of anilines is 2. The summed E-state index contributed by atoms with van der Waals surface area (Å²) in [6, 6.07) is -0.395. The van der Waals surface area contributed by atoms with Crippen LogP contribution in [-0.2, 0) is 4.79 Å². The molecule has 1 atom stereocenters. The van der Waals surface area contributed by atoms with Gasteiger partial charge in [0.2, 0.25) is 11.7 Å². The first kappa shape index (κ1) is 15.0. The summed E-state index contributed by atoms with van der Waals surface area (Å²) in [5.41, 5.74) is 0. The van der Waals surface area contributed by atoms with Crippen LogP contribution in [-0.4, -0.2) is 54.6 Å². The third-order valence-electron chi connectivity index (χ3n) is 2.52. The number of nitrogens with one attached hydrogen (secondary N) is 2. The zero-order chi connectivity index (χ0) is 14.4. The molecule has 0 saturated carbocycles. The number of carbonyl (C=O) groups excluding carboxylic acids is 1. The maximum atomic E-state index is 11.8. The largest absolute Gasteiger partial charge is 0.490 e. The van der Waals surface area contributed by atoms with Gasteiger partial charge in [-0.25, -0.2) is 9.97 Å². The summed E-state index contributed by atoms with van der Waals surface area (Å²) in [5, 5.41) is 6.12. The van der Waals surface area contributed by atoms with Crippen LogP contribution < -0.4 is 15.4 Å². The molecule has 0 spiro atoms. The van der Waals surface area contributed by atoms with Gasteiger partial charge in [-0.15, -0.1) is 0 Å². The lowest BCUT2D eigenvalue weighted by Crippen LogP contribution is -2.37. The SMILES string of the molecule is CCNc1ncnc(NC(C)C(=O)N(C)C)c1OC. The lowest BCUT2D eigenvalue weighted by molar-refractivity contribution is -0.129. The summed E-state index contributed by atoms with van der Waals surface area (Å²) in [7, 11) is 4.97. The van der Waals surface area contributed by atoms with Crippen molar-refractivity contribution < 1.29 is 9.53 Å². The van der Waals surface area contributed by atoms with Crippen LogP contribution in [0.1, 0.15) is 13.8 Å². The number of ether oxygens (including phenoxy) is 1. The second-order valence-electron chi connectivity index (χ2n) is 4.23. The van der Waals surface area contributed by atoms with Gasteiger partial charge < -0.3 is 20.3 Å². The van der Waals surface area contributed by atoms with Gasteiger partial charge in [0, 0.05) is 20.6 Å². The third-order valence-corrected chi connectivity index (χ3v) is 2.52. The highest BCUT2D eigenvalue weighted by Gasteiger charge is 2.19. The minimum absolute atomic E-state index is 0.0364. The van der Waals surface area contributed by atoms with E-state index >= 15 is 0 Å². The van der Waals surface area contributed by atoms with E-state index in [4.69, 9.17) is 4.74 Å². The van der Waals surface area contributed by atoms with E-state index in [0.717, 1.165) is 6.54 Å². The van der Waals surface area contributed by atoms with Crippen LogP contribution in [0, 0.1) is 0 Å². The maximum Gasteiger partial charge on any atom is 0.244 e. The Kier molecular flexibility index (Phi) is 5.35. The normalized spacial score (nSPS) is 11.6. The van der Waals surface area contributed by atoms with E-state index in [-0.39, 0.29) is 5.91 Å². The number of nitrogens with zero attached hydrogens (tertiary/aromatic N) is 3. The molecule has 2 N–H and O–H groups in total. The molecule has 0 aromatic carbocycles. The Bertz CT molecular complexity index is 436. The number of hydrogen-bond donors (Lipinski definition) is 2. The van der Waals surface area contributed by atoms with Crippen molar-refractivity contribution >= 4 is 17.5 Å². The van der Waals surface area contributed by atoms with Crippen LogP contribution in [0.4, 0.5) is 11.6 Å². The molecule has 0 fully saturated rings. The molecule has 106 valence electrons. The van der Waals surface area contributed by atoms with Crippen molar-refractivity contribution in [1.82, 2.24) is 14.9 Å². The highest BCUT2D eigenvalue weighted by molar-refractivity contribution is 5.84. The molecule has 0 saturated heterocycles. The predicted octanol–water partition coefficient (Wildman–Crippen LogP) is 0.806. The molecule has 1 rings (SSSR count). The Labute approximate surface area is 113 Å². The fourth-order valence-corrected chi connectivity index (χ4v) is 1.62. The molecule has 0 bridgehead atoms. The highest BCUT2D eigenvalue weighted by Crippen LogP contribution is 2.29. The Morgan fingerprint density at radius 2 is 2.05 bits per heavy atom. The monoisotopic (exact) mass is 267 g/mol. The molecule has 0 aliphatic heterocycles. The summed E-state index contributed by atoms with van der Waals surface area (Å²) in [6.07, 6.45) is 1.43. The van der Waals surface area contributed by atoms with Crippen molar-refractivity contribution in [3.63, 3.8) is 0 Å². The summed E-state index contributed by atoms with van der Waals surface area (Å²) in [5.74, 6) is 1.57. The fraction of sp³-hybridized carbons (Fsp3) is 0.583. The Balaban J connectivity index is 2.94. The van der Waals surface area contributed by atoms with Gasteiger partial charge in [0.25, 0.3) is 0 Å². The van der Waals surface area contributed by atoms with E-state index in [1.165, 1.54) is 11.2 Å². The van der Waals surface area contributed by atoms with Crippen molar-refractivity contribution in [3.05, 3.63) is 6.33 Å². The van der Waals surface area contributed by atoms with Gasteiger partial charge >= 0.3 is 0 Å². The lowest BCUT2D eigenvalue weighted by Gasteiger charge is -2.20. The Morgan fingerprint density at radius 1 is 1.42 bits per heavy atom. The van der Waals surface area contributed by atoms with E-state index in [2.05, 4.69) is 20.6 Å². The number of amides is 1. The van der Waals surface area contributed by atoms with Crippen LogP contribution in [0.2, 0.25) is 0 Å². The van der Waals surface area contributed by atoms with E-state index in [1.807, 2.05) is 6.92 Å². The predicted molar refractivity (Wildman–Crippen MR) is 74.5 cm³/mol. The quantitative estimate of drug-likeness (QED) is 0.794. The minimum Gasteiger partial charge on any atom is -0.490 e. The first-order valence-electron chi connectivity index (χ1n) is 6.11. The lowest BCUT2D eigenvalue weighted by atomic mass is 10.3. The molecule has 0 aliphatic carbocycles. The topological polar surface area (TPSA) is 79.4 Å². The highest BCUT2D eigenvalue weighted by atomic mass is 16.5. The molecule has 1 aromatic rings. The smallest absolute Gasteiger partial charge is 0.244 e. The molecule has 0 radical (unpaired) electrons. The van der Waals surface area contributed by atoms with Gasteiger partial charge in [-0.3, -0.25) is 4.79 Å². The fourth-order valence-electron chi connectivity index (χ4n) is 1.62. The summed E-state index contributed by atoms with van der Waals surface area (Å²) < 4.78 is 5.30. The van der Waals surface area contributed by atoms with Gasteiger partial charge in [-0.05, 0) is 13.8 Å². The Morgan fingerprint density at radius 3 is 2.58 bits per heavy atom. The van der Waals surface area contributed by atoms with Crippen LogP contribution in [0.5, 0.6) is 5.75 Å². The molecule has 7 nitrogen and oxygen atoms in total. The molecule has 0 aliphatic rings. The molecule has 1 aromatic heterocycles. The van der Waals surface area contributed by atoms with Crippen LogP contribution in [0.25, 0.3) is 0 Å². The minimum atomic E-state index is -0.395. The first-order chi connectivity index (χ1) is 9.01. The molecule has 7 heteroatoms. The van der Waals surface area contributed by atoms with Gasteiger partial charge in [0.15, 0.2) is 11.6 Å². The number of rotatable bonds is 6. The van der Waals surface area contributed by atoms with E-state index in [9.17, 15) is 4.79 Å². The van der Waals surface area contributed by atoms with Crippen molar-refractivity contribution in [1.29, 1.82) is 0 Å². The van der Waals surface area contributed by atoms with Crippen molar-refractivity contribution in [2.24, 2.45) is 0 Å². The summed E-state index contributed by atoms with van der Waals surface area (Å²) in [4.78, 5) is 21.6. The second kappa shape index (κ2) is 6.77. The van der Waals surface area contributed by atoms with Gasteiger partial charge in [0.05, 0.1) is 7.11 Å². The third kappa shape index (κ3) is 3.70. The molecule has 19 heavy (non-hydrogen) atoms. The zero-order valence-corrected chi connectivity index (χ0v) is 12.0. The second-order valence-corrected chi connectivity index (χ2v) is 4.23. The van der Waals surface area contributed by atoms with Crippen molar-refractivity contribution in [2.75, 3.05) is 38.4 Å². The average molecular weight is 267 g/mol. The van der Waals surface area contributed by atoms with Gasteiger partial charge in [-0.1, -0.05) is 0 Å². The van der Waals surface area contributed by atoms with Gasteiger partial charge in [-0.2, -0.15) is 0 Å². The van der Waals surface area contributed by atoms with E-state index < -0.39 is 6.04 Å². The van der Waals surface area contributed by atoms with Crippen molar-refractivity contribution in [2.45, 2.75) is 19.9 Å². The summed E-state index contributed by atoms with van der Waals surface area (Å²) >= 11 is 0. The maximum absolute atomic E-state index is 11.8. The summed E-state index contributed by atoms with van der Waals surface area (Å²) in [6.45, 7) is 4.46. The number of likely N-dealkylation sites (N-methyl/N-ethyl adjacent to an activating group) is 1. The van der Waals surface area contributed by atoms with Crippen LogP contribution >= 0.6 is 0 Å². The number of carbonyl (C=O) groups is 1. The first-order valence-corrected chi connectivity index (χ1v) is 6.11. The molecule has 1 unspecified atom stereocenters. The number of methoxy groups -OCH3 is 1. The number of hydrogen-bond acceptors (Lipinski definition) is 6. The van der Waals surface area contributed by atoms with Crippen LogP contribution in [0.15, 0.2) is 6.33 Å². The standard InChI is InChI=1S/C12H21N5O2/c1-6-13-10-9(19-5)11(15-7-14-10)16-8(2)12(18)17(3)4/h7-8H,6H2,1-5H3,(H2,13,14,15,16). The van der Waals surface area contributed by atoms with Crippen molar-refractivity contribution in [3.8, 4) is 5.75 Å². The van der Waals surface area contributed by atoms with Crippen LogP contribution in [0.3, 0.4) is 0 Å². The zero-order valence-electron chi connectivity index (χ0n) is 12.0. The molecule has 1 heterocycles. The number of aromatic nitrogens is 2. The molecular formula is C12H21N5O2. The average Bonchev–Trinajstić information content (AvgIpc) is 2.38. The van der Waals surface area contributed by atoms with E-state index in [0.29, 0.717) is 17.4 Å². The van der Waals surface area contributed by atoms with E-state index in [1.54, 1.807) is 28.1 Å². The molecular weight excluding hydrogens is 246 g/mol.